The highest BCUT2D eigenvalue weighted by Gasteiger charge is 2.30. The third-order valence-corrected chi connectivity index (χ3v) is 6.95. The summed E-state index contributed by atoms with van der Waals surface area (Å²) in [6, 6.07) is 12.1. The molecule has 178 valence electrons. The van der Waals surface area contributed by atoms with Gasteiger partial charge in [0.2, 0.25) is 5.91 Å². The molecule has 0 saturated heterocycles. The minimum Gasteiger partial charge on any atom is -0.370 e. The minimum atomic E-state index is -0.232. The zero-order valence-electron chi connectivity index (χ0n) is 20.2. The Morgan fingerprint density at radius 2 is 2.06 bits per heavy atom. The smallest absolute Gasteiger partial charge is 0.219 e. The van der Waals surface area contributed by atoms with Crippen LogP contribution in [0.4, 0.5) is 4.39 Å². The maximum atomic E-state index is 15.0. The molecule has 0 radical (unpaired) electrons. The van der Waals surface area contributed by atoms with Gasteiger partial charge >= 0.3 is 0 Å². The summed E-state index contributed by atoms with van der Waals surface area (Å²) >= 11 is 0. The third-order valence-electron chi connectivity index (χ3n) is 6.95. The average molecular weight is 461 g/mol. The molecule has 1 fully saturated rings. The second-order valence-electron chi connectivity index (χ2n) is 9.02. The number of nitrogens with one attached hydrogen (secondary N) is 2. The molecule has 1 heterocycles. The Labute approximate surface area is 200 Å². The zero-order valence-corrected chi connectivity index (χ0v) is 20.2. The van der Waals surface area contributed by atoms with E-state index < -0.39 is 0 Å². The monoisotopic (exact) mass is 460 g/mol. The molecule has 1 aliphatic carbocycles. The van der Waals surface area contributed by atoms with Crippen molar-refractivity contribution in [2.75, 3.05) is 7.05 Å². The summed E-state index contributed by atoms with van der Waals surface area (Å²) in [5.41, 5.74) is 5.40. The summed E-state index contributed by atoms with van der Waals surface area (Å²) in [6.07, 6.45) is 7.77. The Hall–Kier alpha value is -3.41. The van der Waals surface area contributed by atoms with Crippen LogP contribution in [0.25, 0.3) is 27.7 Å². The van der Waals surface area contributed by atoms with E-state index in [1.54, 1.807) is 12.3 Å². The van der Waals surface area contributed by atoms with Gasteiger partial charge in [-0.1, -0.05) is 26.0 Å². The van der Waals surface area contributed by atoms with Crippen molar-refractivity contribution in [3.8, 4) is 11.1 Å². The van der Waals surface area contributed by atoms with Crippen LogP contribution in [0.2, 0.25) is 0 Å². The van der Waals surface area contributed by atoms with Crippen molar-refractivity contribution in [2.45, 2.75) is 58.0 Å². The molecule has 0 aliphatic heterocycles. The molecule has 3 aromatic rings. The molecule has 34 heavy (non-hydrogen) atoms. The maximum Gasteiger partial charge on any atom is 0.219 e. The summed E-state index contributed by atoms with van der Waals surface area (Å²) in [4.78, 5) is 21.2. The zero-order chi connectivity index (χ0) is 24.2. The lowest BCUT2D eigenvalue weighted by molar-refractivity contribution is -0.121. The standard InChI is InChI=1S/C28H33FN4O/c1-5-18-13-20(7-10-23(18)24-14-19-11-12-31-26(19)16-25(24)29)27(17-30-3)33(4)22-9-8-21(15-22)32-28(34)6-2/h7,10-14,16-17,21-22,31H,3,5-6,8-9,15H2,1-2,4H3,(H,32,34)/b27-17-/t21-,22+/m0/s1. The van der Waals surface area contributed by atoms with Gasteiger partial charge in [-0.15, -0.1) is 0 Å². The van der Waals surface area contributed by atoms with Crippen LogP contribution in [0, 0.1) is 5.82 Å². The van der Waals surface area contributed by atoms with Crippen LogP contribution in [0.5, 0.6) is 0 Å². The van der Waals surface area contributed by atoms with E-state index >= 15 is 0 Å². The van der Waals surface area contributed by atoms with E-state index in [1.807, 2.05) is 37.4 Å². The van der Waals surface area contributed by atoms with Gasteiger partial charge in [0.15, 0.2) is 0 Å². The van der Waals surface area contributed by atoms with Gasteiger partial charge in [0.25, 0.3) is 0 Å². The number of halogens is 1. The van der Waals surface area contributed by atoms with Crippen molar-refractivity contribution in [1.29, 1.82) is 0 Å². The van der Waals surface area contributed by atoms with Crippen molar-refractivity contribution < 1.29 is 9.18 Å². The Balaban J connectivity index is 1.63. The molecule has 2 N–H and O–H groups in total. The average Bonchev–Trinajstić information content (AvgIpc) is 3.50. The van der Waals surface area contributed by atoms with Crippen LogP contribution in [0.3, 0.4) is 0 Å². The SMILES string of the molecule is C=N/C=C(/c1ccc(-c2cc3cc[nH]c3cc2F)c(CC)c1)N(C)[C@@H]1CC[C@H](NC(=O)CC)C1. The number of aryl methyl sites for hydroxylation is 1. The molecule has 4 rings (SSSR count). The van der Waals surface area contributed by atoms with E-state index in [2.05, 4.69) is 46.9 Å². The van der Waals surface area contributed by atoms with E-state index in [9.17, 15) is 9.18 Å². The molecule has 0 unspecified atom stereocenters. The Bertz CT molecular complexity index is 1230. The predicted molar refractivity (Wildman–Crippen MR) is 138 cm³/mol. The number of H-pyrrole nitrogens is 1. The highest BCUT2D eigenvalue weighted by atomic mass is 19.1. The van der Waals surface area contributed by atoms with E-state index in [4.69, 9.17) is 0 Å². The van der Waals surface area contributed by atoms with Gasteiger partial charge < -0.3 is 15.2 Å². The van der Waals surface area contributed by atoms with Crippen LogP contribution in [-0.2, 0) is 11.2 Å². The lowest BCUT2D eigenvalue weighted by atomic mass is 9.93. The molecule has 6 heteroatoms. The van der Waals surface area contributed by atoms with Gasteiger partial charge in [0.1, 0.15) is 5.82 Å². The largest absolute Gasteiger partial charge is 0.370 e. The minimum absolute atomic E-state index is 0.102. The van der Waals surface area contributed by atoms with E-state index in [0.29, 0.717) is 18.0 Å². The summed E-state index contributed by atoms with van der Waals surface area (Å²) in [5.74, 6) is -0.130. The second kappa shape index (κ2) is 10.2. The van der Waals surface area contributed by atoms with E-state index in [0.717, 1.165) is 59.0 Å². The van der Waals surface area contributed by atoms with Crippen LogP contribution in [-0.4, -0.2) is 41.6 Å². The number of carbonyl (C=O) groups excluding carboxylic acids is 1. The first-order chi connectivity index (χ1) is 16.4. The van der Waals surface area contributed by atoms with E-state index in [1.165, 1.54) is 0 Å². The second-order valence-corrected chi connectivity index (χ2v) is 9.02. The first-order valence-electron chi connectivity index (χ1n) is 12.0. The number of aromatic amines is 1. The number of benzene rings is 2. The predicted octanol–water partition coefficient (Wildman–Crippen LogP) is 5.91. The third kappa shape index (κ3) is 4.76. The highest BCUT2D eigenvalue weighted by Crippen LogP contribution is 2.34. The Morgan fingerprint density at radius 3 is 2.79 bits per heavy atom. The molecule has 5 nitrogen and oxygen atoms in total. The summed E-state index contributed by atoms with van der Waals surface area (Å²) in [6.45, 7) is 7.65. The first kappa shape index (κ1) is 23.7. The van der Waals surface area contributed by atoms with Crippen molar-refractivity contribution in [3.63, 3.8) is 0 Å². The van der Waals surface area contributed by atoms with Gasteiger partial charge in [-0.25, -0.2) is 4.39 Å². The van der Waals surface area contributed by atoms with Crippen LogP contribution in [0.1, 0.15) is 50.7 Å². The number of nitrogens with zero attached hydrogens (tertiary/aromatic N) is 2. The number of amides is 1. The van der Waals surface area contributed by atoms with Crippen LogP contribution < -0.4 is 5.32 Å². The molecule has 1 saturated carbocycles. The molecule has 2 aromatic carbocycles. The van der Waals surface area contributed by atoms with E-state index in [-0.39, 0.29) is 17.8 Å². The fourth-order valence-corrected chi connectivity index (χ4v) is 5.01. The molecule has 1 amide bonds. The van der Waals surface area contributed by atoms with Crippen molar-refractivity contribution in [2.24, 2.45) is 4.99 Å². The summed E-state index contributed by atoms with van der Waals surface area (Å²) in [7, 11) is 2.07. The fourth-order valence-electron chi connectivity index (χ4n) is 5.01. The normalized spacial score (nSPS) is 18.3. The van der Waals surface area contributed by atoms with Crippen molar-refractivity contribution in [1.82, 2.24) is 15.2 Å². The molecular formula is C28H33FN4O. The van der Waals surface area contributed by atoms with Gasteiger partial charge in [-0.05, 0) is 73.4 Å². The first-order valence-corrected chi connectivity index (χ1v) is 12.0. The lowest BCUT2D eigenvalue weighted by Crippen LogP contribution is -2.35. The summed E-state index contributed by atoms with van der Waals surface area (Å²) in [5, 5.41) is 4.12. The number of hydrogen-bond donors (Lipinski definition) is 2. The number of rotatable bonds is 8. The quantitative estimate of drug-likeness (QED) is 0.410. The molecule has 2 atom stereocenters. The molecule has 0 bridgehead atoms. The van der Waals surface area contributed by atoms with Gasteiger partial charge in [0, 0.05) is 48.2 Å². The number of hydrogen-bond acceptors (Lipinski definition) is 3. The Kier molecular flexibility index (Phi) is 7.15. The maximum absolute atomic E-state index is 15.0. The summed E-state index contributed by atoms with van der Waals surface area (Å²) < 4.78 is 15.0. The molecule has 1 aliphatic rings. The number of carbonyl (C=O) groups is 1. The Morgan fingerprint density at radius 1 is 1.24 bits per heavy atom. The number of aliphatic imine (C=N–C) groups is 1. The van der Waals surface area contributed by atoms with Crippen molar-refractivity contribution in [3.05, 3.63) is 65.7 Å². The van der Waals surface area contributed by atoms with Crippen molar-refractivity contribution >= 4 is 29.2 Å². The van der Waals surface area contributed by atoms with Gasteiger partial charge in [0.05, 0.1) is 11.9 Å². The number of fused-ring (bicyclic) bond motifs is 1. The van der Waals surface area contributed by atoms with Gasteiger partial charge in [-0.2, -0.15) is 0 Å². The molecule has 1 aromatic heterocycles. The van der Waals surface area contributed by atoms with Gasteiger partial charge in [-0.3, -0.25) is 9.79 Å². The van der Waals surface area contributed by atoms with Crippen LogP contribution >= 0.6 is 0 Å². The number of aromatic nitrogens is 1. The topological polar surface area (TPSA) is 60.5 Å². The molecular weight excluding hydrogens is 427 g/mol. The van der Waals surface area contributed by atoms with Crippen LogP contribution in [0.15, 0.2) is 53.8 Å². The highest BCUT2D eigenvalue weighted by molar-refractivity contribution is 5.86. The lowest BCUT2D eigenvalue weighted by Gasteiger charge is -2.30. The fraction of sp³-hybridized carbons (Fsp3) is 0.357. The molecule has 0 spiro atoms.